The van der Waals surface area contributed by atoms with E-state index in [2.05, 4.69) is 5.32 Å². The summed E-state index contributed by atoms with van der Waals surface area (Å²) in [5.74, 6) is -0.0236. The number of carbonyl (C=O) groups excluding carboxylic acids is 1. The first-order valence-corrected chi connectivity index (χ1v) is 7.74. The number of hydrogen-bond donors (Lipinski definition) is 1. The van der Waals surface area contributed by atoms with Crippen molar-refractivity contribution in [2.24, 2.45) is 0 Å². The van der Waals surface area contributed by atoms with Crippen LogP contribution in [0, 0.1) is 0 Å². The Kier molecular flexibility index (Phi) is 6.34. The molecule has 3 nitrogen and oxygen atoms in total. The molecule has 4 heteroatoms. The Labute approximate surface area is 125 Å². The maximum Gasteiger partial charge on any atom is 0.246 e. The monoisotopic (exact) mass is 295 g/mol. The molecular formula is C16H22ClNO2. The minimum absolute atomic E-state index is 0.0236. The van der Waals surface area contributed by atoms with Crippen LogP contribution >= 0.6 is 11.6 Å². The molecule has 0 heterocycles. The average Bonchev–Trinajstić information content (AvgIpc) is 2.48. The molecule has 1 aliphatic rings. The zero-order valence-corrected chi connectivity index (χ0v) is 12.5. The molecule has 1 aromatic rings. The highest BCUT2D eigenvalue weighted by atomic mass is 35.5. The smallest absolute Gasteiger partial charge is 0.246 e. The van der Waals surface area contributed by atoms with E-state index in [0.717, 1.165) is 24.3 Å². The molecule has 20 heavy (non-hydrogen) atoms. The third kappa shape index (κ3) is 5.51. The summed E-state index contributed by atoms with van der Waals surface area (Å²) in [5.41, 5.74) is 1.17. The van der Waals surface area contributed by atoms with Crippen LogP contribution in [-0.4, -0.2) is 25.2 Å². The van der Waals surface area contributed by atoms with Gasteiger partial charge in [0.2, 0.25) is 5.91 Å². The van der Waals surface area contributed by atoms with Crippen LogP contribution in [0.3, 0.4) is 0 Å². The fourth-order valence-electron chi connectivity index (χ4n) is 2.47. The van der Waals surface area contributed by atoms with Gasteiger partial charge < -0.3 is 10.1 Å². The van der Waals surface area contributed by atoms with Crippen molar-refractivity contribution in [1.29, 1.82) is 0 Å². The zero-order chi connectivity index (χ0) is 14.2. The largest absolute Gasteiger partial charge is 0.368 e. The van der Waals surface area contributed by atoms with E-state index in [1.54, 1.807) is 0 Å². The van der Waals surface area contributed by atoms with Crippen LogP contribution in [0.5, 0.6) is 0 Å². The van der Waals surface area contributed by atoms with Crippen LogP contribution < -0.4 is 5.32 Å². The molecule has 0 aliphatic heterocycles. The van der Waals surface area contributed by atoms with Crippen LogP contribution in [0.1, 0.15) is 37.7 Å². The molecule has 1 amide bonds. The summed E-state index contributed by atoms with van der Waals surface area (Å²) >= 11 is 5.82. The third-order valence-electron chi connectivity index (χ3n) is 3.65. The van der Waals surface area contributed by atoms with Crippen LogP contribution in [0.4, 0.5) is 0 Å². The molecule has 1 fully saturated rings. The molecule has 0 unspecified atom stereocenters. The molecule has 0 radical (unpaired) electrons. The van der Waals surface area contributed by atoms with Gasteiger partial charge in [0.25, 0.3) is 0 Å². The summed E-state index contributed by atoms with van der Waals surface area (Å²) in [5, 5.41) is 3.62. The second-order valence-corrected chi connectivity index (χ2v) is 5.73. The SMILES string of the molecule is O=C(COC1CCCCC1)NCCc1ccc(Cl)cc1. The second-order valence-electron chi connectivity index (χ2n) is 5.30. The molecule has 0 aromatic heterocycles. The van der Waals surface area contributed by atoms with Gasteiger partial charge >= 0.3 is 0 Å². The Morgan fingerprint density at radius 2 is 1.90 bits per heavy atom. The van der Waals surface area contributed by atoms with Gasteiger partial charge in [-0.15, -0.1) is 0 Å². The normalized spacial score (nSPS) is 16.1. The third-order valence-corrected chi connectivity index (χ3v) is 3.90. The molecule has 0 bridgehead atoms. The molecule has 1 N–H and O–H groups in total. The van der Waals surface area contributed by atoms with Gasteiger partial charge in [0.15, 0.2) is 0 Å². The van der Waals surface area contributed by atoms with E-state index in [4.69, 9.17) is 16.3 Å². The van der Waals surface area contributed by atoms with Crippen LogP contribution in [-0.2, 0) is 16.0 Å². The van der Waals surface area contributed by atoms with Gasteiger partial charge in [0, 0.05) is 11.6 Å². The number of rotatable bonds is 6. The predicted octanol–water partition coefficient (Wildman–Crippen LogP) is 3.35. The lowest BCUT2D eigenvalue weighted by molar-refractivity contribution is -0.128. The van der Waals surface area contributed by atoms with Crippen molar-refractivity contribution in [3.63, 3.8) is 0 Å². The maximum absolute atomic E-state index is 11.7. The fraction of sp³-hybridized carbons (Fsp3) is 0.562. The summed E-state index contributed by atoms with van der Waals surface area (Å²) in [6.07, 6.45) is 7.03. The Balaban J connectivity index is 1.58. The summed E-state index contributed by atoms with van der Waals surface area (Å²) in [6.45, 7) is 0.819. The van der Waals surface area contributed by atoms with E-state index in [9.17, 15) is 4.79 Å². The van der Waals surface area contributed by atoms with Gasteiger partial charge in [-0.3, -0.25) is 4.79 Å². The van der Waals surface area contributed by atoms with Crippen molar-refractivity contribution in [3.05, 3.63) is 34.9 Å². The minimum Gasteiger partial charge on any atom is -0.368 e. The van der Waals surface area contributed by atoms with Crippen molar-refractivity contribution >= 4 is 17.5 Å². The standard InChI is InChI=1S/C16H22ClNO2/c17-14-8-6-13(7-9-14)10-11-18-16(19)12-20-15-4-2-1-3-5-15/h6-9,15H,1-5,10-12H2,(H,18,19). The predicted molar refractivity (Wildman–Crippen MR) is 81.0 cm³/mol. The number of benzene rings is 1. The van der Waals surface area contributed by atoms with E-state index in [1.165, 1.54) is 24.8 Å². The minimum atomic E-state index is -0.0236. The number of carbonyl (C=O) groups is 1. The lowest BCUT2D eigenvalue weighted by atomic mass is 9.98. The van der Waals surface area contributed by atoms with Gasteiger partial charge in [-0.2, -0.15) is 0 Å². The molecule has 2 rings (SSSR count). The van der Waals surface area contributed by atoms with Crippen LogP contribution in [0.25, 0.3) is 0 Å². The Bertz CT molecular complexity index is 413. The highest BCUT2D eigenvalue weighted by Gasteiger charge is 2.14. The van der Waals surface area contributed by atoms with Crippen molar-refractivity contribution in [2.75, 3.05) is 13.2 Å². The Morgan fingerprint density at radius 3 is 2.60 bits per heavy atom. The summed E-state index contributed by atoms with van der Waals surface area (Å²) in [6, 6.07) is 7.69. The quantitative estimate of drug-likeness (QED) is 0.874. The number of ether oxygens (including phenoxy) is 1. The zero-order valence-electron chi connectivity index (χ0n) is 11.7. The lowest BCUT2D eigenvalue weighted by Gasteiger charge is -2.21. The second kappa shape index (κ2) is 8.28. The topological polar surface area (TPSA) is 38.3 Å². The first-order chi connectivity index (χ1) is 9.74. The van der Waals surface area contributed by atoms with E-state index >= 15 is 0 Å². The van der Waals surface area contributed by atoms with Crippen molar-refractivity contribution in [2.45, 2.75) is 44.6 Å². The van der Waals surface area contributed by atoms with E-state index in [-0.39, 0.29) is 18.6 Å². The highest BCUT2D eigenvalue weighted by molar-refractivity contribution is 6.30. The van der Waals surface area contributed by atoms with Crippen LogP contribution in [0.2, 0.25) is 5.02 Å². The van der Waals surface area contributed by atoms with E-state index < -0.39 is 0 Å². The molecule has 0 spiro atoms. The number of amides is 1. The van der Waals surface area contributed by atoms with Gasteiger partial charge in [-0.1, -0.05) is 43.0 Å². The number of hydrogen-bond acceptors (Lipinski definition) is 2. The lowest BCUT2D eigenvalue weighted by Crippen LogP contribution is -2.31. The summed E-state index contributed by atoms with van der Waals surface area (Å²) in [4.78, 5) is 11.7. The van der Waals surface area contributed by atoms with Gasteiger partial charge in [-0.05, 0) is 37.0 Å². The molecule has 1 aromatic carbocycles. The van der Waals surface area contributed by atoms with Crippen LogP contribution in [0.15, 0.2) is 24.3 Å². The number of halogens is 1. The first-order valence-electron chi connectivity index (χ1n) is 7.37. The van der Waals surface area contributed by atoms with Gasteiger partial charge in [0.05, 0.1) is 6.10 Å². The summed E-state index contributed by atoms with van der Waals surface area (Å²) < 4.78 is 5.63. The maximum atomic E-state index is 11.7. The van der Waals surface area contributed by atoms with E-state index in [0.29, 0.717) is 6.54 Å². The molecule has 0 saturated heterocycles. The van der Waals surface area contributed by atoms with Crippen molar-refractivity contribution < 1.29 is 9.53 Å². The fourth-order valence-corrected chi connectivity index (χ4v) is 2.60. The number of nitrogens with one attached hydrogen (secondary N) is 1. The Hall–Kier alpha value is -1.06. The molecule has 1 aliphatic carbocycles. The molecule has 0 atom stereocenters. The molecule has 1 saturated carbocycles. The Morgan fingerprint density at radius 1 is 1.20 bits per heavy atom. The molecular weight excluding hydrogens is 274 g/mol. The van der Waals surface area contributed by atoms with Crippen molar-refractivity contribution in [1.82, 2.24) is 5.32 Å². The van der Waals surface area contributed by atoms with Gasteiger partial charge in [-0.25, -0.2) is 0 Å². The first kappa shape index (κ1) is 15.3. The molecule has 110 valence electrons. The summed E-state index contributed by atoms with van der Waals surface area (Å²) in [7, 11) is 0. The van der Waals surface area contributed by atoms with E-state index in [1.807, 2.05) is 24.3 Å². The van der Waals surface area contributed by atoms with Gasteiger partial charge in [0.1, 0.15) is 6.61 Å². The van der Waals surface area contributed by atoms with Crippen molar-refractivity contribution in [3.8, 4) is 0 Å². The highest BCUT2D eigenvalue weighted by Crippen LogP contribution is 2.19. The average molecular weight is 296 g/mol.